The van der Waals surface area contributed by atoms with Gasteiger partial charge in [-0.05, 0) is 42.7 Å². The first kappa shape index (κ1) is 34.0. The molecule has 5 aromatic rings. The fraction of sp³-hybridized carbons (Fsp3) is 0.281. The van der Waals surface area contributed by atoms with Gasteiger partial charge in [0, 0.05) is 60.2 Å². The Hall–Kier alpha value is -5.31. The van der Waals surface area contributed by atoms with Crippen molar-refractivity contribution >= 4 is 29.2 Å². The number of nitrogens with zero attached hydrogens (tertiary/aromatic N) is 7. The topological polar surface area (TPSA) is 150 Å². The van der Waals surface area contributed by atoms with E-state index in [9.17, 15) is 22.8 Å². The Morgan fingerprint density at radius 2 is 1.75 bits per heavy atom. The average molecular weight is 683 g/mol. The van der Waals surface area contributed by atoms with Crippen LogP contribution in [-0.4, -0.2) is 57.3 Å². The number of carboxylic acids is 1. The molecule has 1 aliphatic heterocycles. The van der Waals surface area contributed by atoms with E-state index in [1.165, 1.54) is 0 Å². The van der Waals surface area contributed by atoms with Crippen LogP contribution in [0.5, 0.6) is 0 Å². The van der Waals surface area contributed by atoms with Gasteiger partial charge in [0.25, 0.3) is 5.56 Å². The minimum absolute atomic E-state index is 0.0558. The number of carboxylic acid groups (broad SMARTS) is 1. The van der Waals surface area contributed by atoms with Crippen LogP contribution in [0.25, 0.3) is 33.6 Å². The summed E-state index contributed by atoms with van der Waals surface area (Å²) in [6.45, 7) is 1.91. The molecular formula is C32H30ClF3N8O4. The third kappa shape index (κ3) is 7.46. The summed E-state index contributed by atoms with van der Waals surface area (Å²) in [6, 6.07) is 10.6. The quantitative estimate of drug-likeness (QED) is 0.245. The molecular weight excluding hydrogens is 653 g/mol. The molecule has 4 aromatic heterocycles. The Bertz CT molecular complexity index is 2040. The minimum Gasteiger partial charge on any atom is -0.475 e. The highest BCUT2D eigenvalue weighted by Crippen LogP contribution is 2.34. The molecule has 250 valence electrons. The molecule has 1 aromatic carbocycles. The lowest BCUT2D eigenvalue weighted by Crippen LogP contribution is -2.27. The van der Waals surface area contributed by atoms with Crippen molar-refractivity contribution < 1.29 is 27.9 Å². The number of halogens is 4. The standard InChI is InChI=1S/C30H29ClN8O2.C2HF3O2/c1-18-5-4-6-27(25-11-19(9-10-32-25)29-26(36-30(18)41)15-35-38(29)3)39-17-33-24(13-28(39)40)23-12-21(31)7-8-22(23)20-14-34-37(2)16-20;3-2(4,5)1(6)7/h7-18,27H,4-6H2,1-3H3,(H,36,41);(H,6,7)/t18-,27+;/m1./s1. The number of pyridine rings is 1. The maximum atomic E-state index is 13.7. The first-order valence-electron chi connectivity index (χ1n) is 14.7. The van der Waals surface area contributed by atoms with Gasteiger partial charge in [0.05, 0.1) is 47.5 Å². The van der Waals surface area contributed by atoms with Gasteiger partial charge in [-0.1, -0.05) is 31.0 Å². The van der Waals surface area contributed by atoms with E-state index < -0.39 is 12.1 Å². The number of anilines is 1. The lowest BCUT2D eigenvalue weighted by atomic mass is 9.96. The highest BCUT2D eigenvalue weighted by molar-refractivity contribution is 6.31. The number of rotatable bonds is 3. The predicted octanol–water partition coefficient (Wildman–Crippen LogP) is 5.74. The summed E-state index contributed by atoms with van der Waals surface area (Å²) in [4.78, 5) is 44.9. The maximum absolute atomic E-state index is 13.7. The first-order valence-corrected chi connectivity index (χ1v) is 15.1. The Morgan fingerprint density at radius 1 is 1.00 bits per heavy atom. The second-order valence-corrected chi connectivity index (χ2v) is 11.7. The van der Waals surface area contributed by atoms with Gasteiger partial charge in [0.1, 0.15) is 0 Å². The minimum atomic E-state index is -5.08. The molecule has 1 amide bonds. The van der Waals surface area contributed by atoms with Crippen LogP contribution in [0.4, 0.5) is 18.9 Å². The molecule has 12 nitrogen and oxygen atoms in total. The fourth-order valence-corrected chi connectivity index (χ4v) is 5.59. The third-order valence-corrected chi connectivity index (χ3v) is 8.08. The largest absolute Gasteiger partial charge is 0.490 e. The summed E-state index contributed by atoms with van der Waals surface area (Å²) in [7, 11) is 3.69. The third-order valence-electron chi connectivity index (χ3n) is 7.84. The SMILES string of the molecule is C[C@@H]1CCC[C@H](n2cnc(-c3cc(Cl)ccc3-c3cnn(C)c3)cc2=O)c2cc(ccn2)-c2c(cnn2C)NC1=O.O=C(O)C(F)(F)F. The second kappa shape index (κ2) is 13.8. The van der Waals surface area contributed by atoms with E-state index in [1.54, 1.807) is 44.9 Å². The van der Waals surface area contributed by atoms with Gasteiger partial charge in [-0.3, -0.25) is 28.5 Å². The van der Waals surface area contributed by atoms with E-state index in [4.69, 9.17) is 26.5 Å². The first-order chi connectivity index (χ1) is 22.7. The van der Waals surface area contributed by atoms with Crippen molar-refractivity contribution in [2.45, 2.75) is 38.4 Å². The van der Waals surface area contributed by atoms with Gasteiger partial charge in [-0.25, -0.2) is 9.78 Å². The summed E-state index contributed by atoms with van der Waals surface area (Å²) in [5.74, 6) is -3.02. The molecule has 0 saturated carbocycles. The van der Waals surface area contributed by atoms with E-state index in [0.717, 1.165) is 40.1 Å². The Balaban J connectivity index is 0.000000582. The number of alkyl halides is 3. The molecule has 2 bridgehead atoms. The van der Waals surface area contributed by atoms with Crippen LogP contribution in [-0.2, 0) is 23.7 Å². The summed E-state index contributed by atoms with van der Waals surface area (Å²) >= 11 is 6.36. The van der Waals surface area contributed by atoms with Crippen molar-refractivity contribution in [3.05, 3.63) is 88.6 Å². The molecule has 6 rings (SSSR count). The van der Waals surface area contributed by atoms with Gasteiger partial charge in [0.2, 0.25) is 5.91 Å². The van der Waals surface area contributed by atoms with Crippen molar-refractivity contribution in [3.8, 4) is 33.6 Å². The van der Waals surface area contributed by atoms with Crippen LogP contribution >= 0.6 is 11.6 Å². The van der Waals surface area contributed by atoms with Crippen LogP contribution in [0.1, 0.15) is 37.9 Å². The summed E-state index contributed by atoms with van der Waals surface area (Å²) < 4.78 is 36.8. The van der Waals surface area contributed by atoms with Gasteiger partial charge in [-0.2, -0.15) is 23.4 Å². The fourth-order valence-electron chi connectivity index (χ4n) is 5.41. The molecule has 48 heavy (non-hydrogen) atoms. The monoisotopic (exact) mass is 682 g/mol. The number of fused-ring (bicyclic) bond motifs is 4. The molecule has 2 atom stereocenters. The van der Waals surface area contributed by atoms with Crippen LogP contribution in [0, 0.1) is 5.92 Å². The summed E-state index contributed by atoms with van der Waals surface area (Å²) in [5, 5.41) is 19.4. The van der Waals surface area contributed by atoms with E-state index in [-0.39, 0.29) is 23.4 Å². The molecule has 0 aliphatic carbocycles. The number of aliphatic carboxylic acids is 1. The lowest BCUT2D eigenvalue weighted by molar-refractivity contribution is -0.192. The van der Waals surface area contributed by atoms with Crippen LogP contribution in [0.15, 0.2) is 72.3 Å². The van der Waals surface area contributed by atoms with Crippen LogP contribution < -0.4 is 10.9 Å². The summed E-state index contributed by atoms with van der Waals surface area (Å²) in [5.41, 5.74) is 5.86. The number of carbonyl (C=O) groups excluding carboxylic acids is 1. The zero-order valence-electron chi connectivity index (χ0n) is 25.9. The number of nitrogens with one attached hydrogen (secondary N) is 1. The zero-order valence-corrected chi connectivity index (χ0v) is 26.7. The molecule has 5 heterocycles. The highest BCUT2D eigenvalue weighted by Gasteiger charge is 2.38. The number of hydrogen-bond donors (Lipinski definition) is 2. The van der Waals surface area contributed by atoms with Gasteiger partial charge < -0.3 is 10.4 Å². The number of aryl methyl sites for hydroxylation is 2. The molecule has 0 unspecified atom stereocenters. The van der Waals surface area contributed by atoms with E-state index in [1.807, 2.05) is 57.5 Å². The van der Waals surface area contributed by atoms with Crippen molar-refractivity contribution in [2.24, 2.45) is 20.0 Å². The molecule has 2 N–H and O–H groups in total. The Labute approximate surface area is 276 Å². The number of benzene rings is 1. The van der Waals surface area contributed by atoms with Gasteiger partial charge >= 0.3 is 12.1 Å². The maximum Gasteiger partial charge on any atom is 0.490 e. The van der Waals surface area contributed by atoms with E-state index in [0.29, 0.717) is 29.2 Å². The second-order valence-electron chi connectivity index (χ2n) is 11.3. The zero-order chi connectivity index (χ0) is 34.7. The number of hydrogen-bond acceptors (Lipinski definition) is 7. The number of carbonyl (C=O) groups is 2. The molecule has 0 spiro atoms. The molecule has 16 heteroatoms. The smallest absolute Gasteiger partial charge is 0.475 e. The predicted molar refractivity (Wildman–Crippen MR) is 171 cm³/mol. The molecule has 0 fully saturated rings. The Morgan fingerprint density at radius 3 is 2.42 bits per heavy atom. The lowest BCUT2D eigenvalue weighted by Gasteiger charge is -2.22. The van der Waals surface area contributed by atoms with Crippen LogP contribution in [0.2, 0.25) is 5.02 Å². The van der Waals surface area contributed by atoms with Crippen LogP contribution in [0.3, 0.4) is 0 Å². The van der Waals surface area contributed by atoms with Gasteiger partial charge in [-0.15, -0.1) is 0 Å². The van der Waals surface area contributed by atoms with Crippen molar-refractivity contribution in [2.75, 3.05) is 5.32 Å². The highest BCUT2D eigenvalue weighted by atomic mass is 35.5. The molecule has 0 radical (unpaired) electrons. The van der Waals surface area contributed by atoms with E-state index in [2.05, 4.69) is 20.5 Å². The molecule has 0 saturated heterocycles. The van der Waals surface area contributed by atoms with Crippen molar-refractivity contribution in [1.29, 1.82) is 0 Å². The normalized spacial score (nSPS) is 16.4. The Kier molecular flexibility index (Phi) is 9.79. The van der Waals surface area contributed by atoms with Gasteiger partial charge in [0.15, 0.2) is 0 Å². The van der Waals surface area contributed by atoms with E-state index >= 15 is 0 Å². The number of aromatic nitrogens is 7. The van der Waals surface area contributed by atoms with Crippen molar-refractivity contribution in [3.63, 3.8) is 0 Å². The van der Waals surface area contributed by atoms with Crippen molar-refractivity contribution in [1.82, 2.24) is 34.1 Å². The molecule has 1 aliphatic rings. The average Bonchev–Trinajstić information content (AvgIpc) is 3.63. The number of amides is 1. The summed E-state index contributed by atoms with van der Waals surface area (Å²) in [6.07, 6.45) is 5.57.